The molecule has 27 heavy (non-hydrogen) atoms. The summed E-state index contributed by atoms with van der Waals surface area (Å²) in [7, 11) is 0. The first-order valence-corrected chi connectivity index (χ1v) is 9.59. The smallest absolute Gasteiger partial charge is 0.331 e. The number of carbonyl (C=O) groups excluding carboxylic acids is 1. The number of aryl methyl sites for hydroxylation is 1. The number of hydrogen-bond donors (Lipinski definition) is 0. The van der Waals surface area contributed by atoms with E-state index in [0.717, 1.165) is 17.7 Å². The first-order chi connectivity index (χ1) is 12.9. The Morgan fingerprint density at radius 3 is 2.41 bits per heavy atom. The van der Waals surface area contributed by atoms with E-state index in [1.165, 1.54) is 24.8 Å². The third-order valence-electron chi connectivity index (χ3n) is 5.07. The second-order valence-corrected chi connectivity index (χ2v) is 7.39. The minimum Gasteiger partial charge on any atom is -0.425 e. The highest BCUT2D eigenvalue weighted by atomic mass is 16.5. The number of nitrogens with zero attached hydrogens (tertiary/aromatic N) is 2. The molecule has 0 saturated carbocycles. The van der Waals surface area contributed by atoms with Crippen molar-refractivity contribution >= 4 is 5.97 Å². The van der Waals surface area contributed by atoms with Gasteiger partial charge in [-0.15, -0.1) is 0 Å². The third kappa shape index (κ3) is 5.17. The zero-order valence-corrected chi connectivity index (χ0v) is 16.7. The molecule has 1 aromatic carbocycles. The summed E-state index contributed by atoms with van der Waals surface area (Å²) < 4.78 is 5.41. The van der Waals surface area contributed by atoms with E-state index >= 15 is 0 Å². The van der Waals surface area contributed by atoms with E-state index in [4.69, 9.17) is 4.74 Å². The monoisotopic (exact) mass is 364 g/mol. The van der Waals surface area contributed by atoms with Gasteiger partial charge in [-0.3, -0.25) is 4.98 Å². The molecule has 0 aliphatic heterocycles. The molecule has 0 bridgehead atoms. The van der Waals surface area contributed by atoms with Gasteiger partial charge in [-0.2, -0.15) is 5.26 Å². The lowest BCUT2D eigenvalue weighted by molar-refractivity contribution is -0.143. The fraction of sp³-hybridized carbons (Fsp3) is 0.435. The van der Waals surface area contributed by atoms with Crippen LogP contribution in [0.25, 0.3) is 11.3 Å². The van der Waals surface area contributed by atoms with E-state index in [0.29, 0.717) is 5.75 Å². The second-order valence-electron chi connectivity index (χ2n) is 7.39. The Morgan fingerprint density at radius 2 is 1.89 bits per heavy atom. The van der Waals surface area contributed by atoms with Crippen LogP contribution in [0.3, 0.4) is 0 Å². The van der Waals surface area contributed by atoms with Crippen LogP contribution in [-0.2, 0) is 11.2 Å². The van der Waals surface area contributed by atoms with Crippen molar-refractivity contribution in [2.45, 2.75) is 53.4 Å². The number of nitriles is 1. The number of benzene rings is 1. The Balaban J connectivity index is 2.05. The molecule has 0 aliphatic rings. The molecule has 0 fully saturated rings. The second kappa shape index (κ2) is 9.32. The summed E-state index contributed by atoms with van der Waals surface area (Å²) in [5.41, 5.74) is 1.94. The number of carbonyl (C=O) groups is 1. The summed E-state index contributed by atoms with van der Waals surface area (Å²) in [6.07, 6.45) is 6.63. The number of hydrogen-bond acceptors (Lipinski definition) is 4. The van der Waals surface area contributed by atoms with Gasteiger partial charge in [0.05, 0.1) is 11.8 Å². The number of ether oxygens (including phenoxy) is 1. The van der Waals surface area contributed by atoms with Gasteiger partial charge in [0.15, 0.2) is 5.41 Å². The van der Waals surface area contributed by atoms with Gasteiger partial charge >= 0.3 is 5.97 Å². The molecule has 1 unspecified atom stereocenters. The molecule has 0 N–H and O–H groups in total. The highest BCUT2D eigenvalue weighted by Crippen LogP contribution is 2.29. The molecule has 1 heterocycles. The van der Waals surface area contributed by atoms with Crippen LogP contribution < -0.4 is 4.74 Å². The van der Waals surface area contributed by atoms with E-state index in [2.05, 4.69) is 24.0 Å². The van der Waals surface area contributed by atoms with E-state index in [1.807, 2.05) is 38.2 Å². The average molecular weight is 364 g/mol. The molecule has 0 spiro atoms. The summed E-state index contributed by atoms with van der Waals surface area (Å²) in [5.74, 6) is -0.223. The molecular formula is C23H28N2O2. The summed E-state index contributed by atoms with van der Waals surface area (Å²) in [5, 5.41) is 9.33. The lowest BCUT2D eigenvalue weighted by atomic mass is 9.81. The minimum absolute atomic E-state index is 0.130. The van der Waals surface area contributed by atoms with Gasteiger partial charge in [-0.05, 0) is 61.6 Å². The van der Waals surface area contributed by atoms with Crippen molar-refractivity contribution in [3.8, 4) is 23.1 Å². The van der Waals surface area contributed by atoms with Crippen molar-refractivity contribution in [2.24, 2.45) is 11.3 Å². The molecule has 1 atom stereocenters. The van der Waals surface area contributed by atoms with Crippen LogP contribution in [0.4, 0.5) is 0 Å². The lowest BCUT2D eigenvalue weighted by Crippen LogP contribution is -2.35. The number of aromatic nitrogens is 1. The van der Waals surface area contributed by atoms with Gasteiger partial charge in [0.1, 0.15) is 5.75 Å². The topological polar surface area (TPSA) is 63.0 Å². The molecule has 0 aliphatic carbocycles. The Hall–Kier alpha value is -2.67. The Bertz CT molecular complexity index is 789. The van der Waals surface area contributed by atoms with Gasteiger partial charge in [0, 0.05) is 11.8 Å². The van der Waals surface area contributed by atoms with Crippen molar-refractivity contribution in [2.75, 3.05) is 0 Å². The molecule has 0 saturated heterocycles. The van der Waals surface area contributed by atoms with Gasteiger partial charge in [-0.1, -0.05) is 39.7 Å². The molecule has 142 valence electrons. The number of esters is 1. The highest BCUT2D eigenvalue weighted by molar-refractivity contribution is 5.82. The standard InChI is InChI=1S/C23H28N2O2/c1-5-6-7-8-18-9-14-21(25-15-18)19-10-12-20(13-11-19)27-22(26)23(4,16-24)17(2)3/h9-15,17H,5-8H2,1-4H3. The van der Waals surface area contributed by atoms with Crippen LogP contribution in [0.2, 0.25) is 0 Å². The maximum Gasteiger partial charge on any atom is 0.331 e. The lowest BCUT2D eigenvalue weighted by Gasteiger charge is -2.23. The van der Waals surface area contributed by atoms with Crippen LogP contribution in [0.15, 0.2) is 42.6 Å². The summed E-state index contributed by atoms with van der Waals surface area (Å²) in [6, 6.07) is 13.4. The molecule has 4 nitrogen and oxygen atoms in total. The van der Waals surface area contributed by atoms with Crippen LogP contribution in [0, 0.1) is 22.7 Å². The number of unbranched alkanes of at least 4 members (excludes halogenated alkanes) is 2. The maximum atomic E-state index is 12.4. The van der Waals surface area contributed by atoms with Gasteiger partial charge in [-0.25, -0.2) is 4.79 Å². The highest BCUT2D eigenvalue weighted by Gasteiger charge is 2.39. The average Bonchev–Trinajstić information content (AvgIpc) is 2.68. The normalized spacial score (nSPS) is 13.0. The summed E-state index contributed by atoms with van der Waals surface area (Å²) in [4.78, 5) is 16.9. The molecule has 0 radical (unpaired) electrons. The quantitative estimate of drug-likeness (QED) is 0.349. The number of pyridine rings is 1. The van der Waals surface area contributed by atoms with Crippen LogP contribution in [0.5, 0.6) is 5.75 Å². The third-order valence-corrected chi connectivity index (χ3v) is 5.07. The Kier molecular flexibility index (Phi) is 7.12. The molecule has 0 amide bonds. The van der Waals surface area contributed by atoms with Crippen LogP contribution >= 0.6 is 0 Å². The summed E-state index contributed by atoms with van der Waals surface area (Å²) >= 11 is 0. The fourth-order valence-electron chi connectivity index (χ4n) is 2.64. The van der Waals surface area contributed by atoms with Gasteiger partial charge in [0.2, 0.25) is 0 Å². The molecule has 1 aromatic heterocycles. The maximum absolute atomic E-state index is 12.4. The largest absolute Gasteiger partial charge is 0.425 e. The van der Waals surface area contributed by atoms with Crippen LogP contribution in [-0.4, -0.2) is 11.0 Å². The predicted molar refractivity (Wildman–Crippen MR) is 107 cm³/mol. The van der Waals surface area contributed by atoms with Crippen LogP contribution in [0.1, 0.15) is 52.5 Å². The van der Waals surface area contributed by atoms with Crippen molar-refractivity contribution in [3.05, 3.63) is 48.2 Å². The van der Waals surface area contributed by atoms with E-state index in [-0.39, 0.29) is 5.92 Å². The Morgan fingerprint density at radius 1 is 1.19 bits per heavy atom. The molecule has 2 rings (SSSR count). The first kappa shape index (κ1) is 20.6. The van der Waals surface area contributed by atoms with Crippen molar-refractivity contribution in [1.82, 2.24) is 4.98 Å². The minimum atomic E-state index is -1.16. The Labute approximate surface area is 162 Å². The van der Waals surface area contributed by atoms with Crippen molar-refractivity contribution in [1.29, 1.82) is 5.26 Å². The van der Waals surface area contributed by atoms with E-state index < -0.39 is 11.4 Å². The number of rotatable bonds is 8. The van der Waals surface area contributed by atoms with E-state index in [1.54, 1.807) is 19.1 Å². The molecule has 4 heteroatoms. The van der Waals surface area contributed by atoms with Crippen molar-refractivity contribution < 1.29 is 9.53 Å². The SMILES string of the molecule is CCCCCc1ccc(-c2ccc(OC(=O)C(C)(C#N)C(C)C)cc2)nc1. The fourth-order valence-corrected chi connectivity index (χ4v) is 2.64. The first-order valence-electron chi connectivity index (χ1n) is 9.59. The predicted octanol–water partition coefficient (Wildman–Crippen LogP) is 5.57. The van der Waals surface area contributed by atoms with Gasteiger partial charge < -0.3 is 4.74 Å². The van der Waals surface area contributed by atoms with E-state index in [9.17, 15) is 10.1 Å². The molecule has 2 aromatic rings. The zero-order valence-electron chi connectivity index (χ0n) is 16.7. The molecular weight excluding hydrogens is 336 g/mol. The van der Waals surface area contributed by atoms with Gasteiger partial charge in [0.25, 0.3) is 0 Å². The zero-order chi connectivity index (χ0) is 19.9. The summed E-state index contributed by atoms with van der Waals surface area (Å²) in [6.45, 7) is 7.49. The van der Waals surface area contributed by atoms with Crippen molar-refractivity contribution in [3.63, 3.8) is 0 Å².